The molecule has 0 bridgehead atoms. The normalized spacial score (nSPS) is 12.6. The van der Waals surface area contributed by atoms with Gasteiger partial charge in [0.15, 0.2) is 0 Å². The third-order valence-electron chi connectivity index (χ3n) is 2.82. The van der Waals surface area contributed by atoms with E-state index in [1.54, 1.807) is 0 Å². The Kier molecular flexibility index (Phi) is 3.97. The lowest BCUT2D eigenvalue weighted by Crippen LogP contribution is -2.42. The maximum absolute atomic E-state index is 12.4. The van der Waals surface area contributed by atoms with Crippen molar-refractivity contribution >= 4 is 17.3 Å². The number of hydrogen-bond acceptors (Lipinski definition) is 1. The van der Waals surface area contributed by atoms with E-state index in [9.17, 15) is 13.2 Å². The molecule has 17 heavy (non-hydrogen) atoms. The van der Waals surface area contributed by atoms with Crippen LogP contribution in [0.4, 0.5) is 18.9 Å². The largest absolute Gasteiger partial charge is 0.416 e. The fourth-order valence-corrected chi connectivity index (χ4v) is 1.49. The van der Waals surface area contributed by atoms with Gasteiger partial charge in [0.2, 0.25) is 0 Å². The second-order valence-corrected chi connectivity index (χ2v) is 4.82. The summed E-state index contributed by atoms with van der Waals surface area (Å²) in [5, 5.41) is 0. The molecule has 1 nitrogen and oxygen atoms in total. The van der Waals surface area contributed by atoms with Crippen molar-refractivity contribution in [3.8, 4) is 0 Å². The summed E-state index contributed by atoms with van der Waals surface area (Å²) >= 11 is 5.82. The number of alkyl halides is 4. The van der Waals surface area contributed by atoms with E-state index in [-0.39, 0.29) is 5.54 Å². The molecule has 1 rings (SSSR count). The van der Waals surface area contributed by atoms with E-state index >= 15 is 0 Å². The van der Waals surface area contributed by atoms with Gasteiger partial charge in [0.05, 0.1) is 5.56 Å². The molecule has 1 aromatic carbocycles. The first kappa shape index (κ1) is 14.2. The minimum atomic E-state index is -4.29. The van der Waals surface area contributed by atoms with Crippen LogP contribution < -0.4 is 4.90 Å². The first-order chi connectivity index (χ1) is 7.68. The highest BCUT2D eigenvalue weighted by molar-refractivity contribution is 6.18. The lowest BCUT2D eigenvalue weighted by molar-refractivity contribution is -0.137. The van der Waals surface area contributed by atoms with Crippen molar-refractivity contribution in [2.45, 2.75) is 25.6 Å². The molecule has 0 saturated heterocycles. The lowest BCUT2D eigenvalue weighted by Gasteiger charge is -2.36. The minimum absolute atomic E-state index is 0.304. The predicted octanol–water partition coefficient (Wildman–Crippen LogP) is 4.16. The number of rotatable bonds is 3. The molecule has 0 aromatic heterocycles. The van der Waals surface area contributed by atoms with E-state index in [2.05, 4.69) is 0 Å². The monoisotopic (exact) mass is 265 g/mol. The third kappa shape index (κ3) is 3.28. The highest BCUT2D eigenvalue weighted by Gasteiger charge is 2.30. The smallest absolute Gasteiger partial charge is 0.368 e. The van der Waals surface area contributed by atoms with Crippen LogP contribution in [0, 0.1) is 0 Å². The molecule has 1 aromatic rings. The summed E-state index contributed by atoms with van der Waals surface area (Å²) in [6.45, 7) is 3.86. The van der Waals surface area contributed by atoms with Gasteiger partial charge >= 0.3 is 6.18 Å². The number of anilines is 1. The number of nitrogens with zero attached hydrogens (tertiary/aromatic N) is 1. The van der Waals surface area contributed by atoms with Crippen molar-refractivity contribution in [1.82, 2.24) is 0 Å². The number of halogens is 4. The molecule has 0 unspecified atom stereocenters. The van der Waals surface area contributed by atoms with E-state index in [1.807, 2.05) is 25.8 Å². The molecule has 0 fully saturated rings. The first-order valence-electron chi connectivity index (χ1n) is 5.15. The molecular weight excluding hydrogens is 251 g/mol. The van der Waals surface area contributed by atoms with Crippen LogP contribution in [0.2, 0.25) is 0 Å². The van der Waals surface area contributed by atoms with E-state index in [0.717, 1.165) is 12.1 Å². The average Bonchev–Trinajstić information content (AvgIpc) is 2.27. The van der Waals surface area contributed by atoms with Gasteiger partial charge in [-0.2, -0.15) is 13.2 Å². The summed E-state index contributed by atoms with van der Waals surface area (Å²) in [5.74, 6) is 0.393. The maximum atomic E-state index is 12.4. The summed E-state index contributed by atoms with van der Waals surface area (Å²) in [6.07, 6.45) is -4.29. The van der Waals surface area contributed by atoms with Crippen LogP contribution in [0.3, 0.4) is 0 Å². The van der Waals surface area contributed by atoms with Crippen LogP contribution in [0.1, 0.15) is 19.4 Å². The molecule has 5 heteroatoms. The Balaban J connectivity index is 2.96. The molecule has 0 heterocycles. The van der Waals surface area contributed by atoms with Gasteiger partial charge in [0.1, 0.15) is 0 Å². The third-order valence-corrected chi connectivity index (χ3v) is 3.47. The molecule has 0 spiro atoms. The molecule has 0 aliphatic heterocycles. The van der Waals surface area contributed by atoms with Gasteiger partial charge in [-0.3, -0.25) is 0 Å². The Morgan fingerprint density at radius 3 is 1.94 bits per heavy atom. The fraction of sp³-hybridized carbons (Fsp3) is 0.500. The van der Waals surface area contributed by atoms with Gasteiger partial charge in [-0.1, -0.05) is 0 Å². The van der Waals surface area contributed by atoms with Gasteiger partial charge in [-0.05, 0) is 38.1 Å². The highest BCUT2D eigenvalue weighted by atomic mass is 35.5. The van der Waals surface area contributed by atoms with Crippen LogP contribution >= 0.6 is 11.6 Å². The zero-order valence-corrected chi connectivity index (χ0v) is 10.7. The first-order valence-corrected chi connectivity index (χ1v) is 5.69. The topological polar surface area (TPSA) is 3.24 Å². The Morgan fingerprint density at radius 1 is 1.12 bits per heavy atom. The van der Waals surface area contributed by atoms with Gasteiger partial charge < -0.3 is 4.90 Å². The number of benzene rings is 1. The molecule has 0 atom stereocenters. The van der Waals surface area contributed by atoms with Crippen LogP contribution in [0.15, 0.2) is 24.3 Å². The van der Waals surface area contributed by atoms with Crippen molar-refractivity contribution in [2.75, 3.05) is 17.8 Å². The van der Waals surface area contributed by atoms with E-state index in [1.165, 1.54) is 12.1 Å². The zero-order chi connectivity index (χ0) is 13.3. The Bertz CT molecular complexity index is 370. The van der Waals surface area contributed by atoms with Crippen molar-refractivity contribution < 1.29 is 13.2 Å². The Morgan fingerprint density at radius 2 is 1.59 bits per heavy atom. The number of hydrogen-bond donors (Lipinski definition) is 0. The van der Waals surface area contributed by atoms with Crippen LogP contribution in [0.25, 0.3) is 0 Å². The summed E-state index contributed by atoms with van der Waals surface area (Å²) in [7, 11) is 1.81. The summed E-state index contributed by atoms with van der Waals surface area (Å²) in [6, 6.07) is 5.07. The van der Waals surface area contributed by atoms with Gasteiger partial charge in [-0.25, -0.2) is 0 Å². The van der Waals surface area contributed by atoms with E-state index in [0.29, 0.717) is 11.6 Å². The molecule has 0 aliphatic carbocycles. The molecule has 0 saturated carbocycles. The van der Waals surface area contributed by atoms with Crippen molar-refractivity contribution in [1.29, 1.82) is 0 Å². The minimum Gasteiger partial charge on any atom is -0.368 e. The summed E-state index contributed by atoms with van der Waals surface area (Å²) in [5.41, 5.74) is -0.233. The SMILES string of the molecule is CN(c1ccc(C(F)(F)F)cc1)C(C)(C)CCl. The molecule has 0 radical (unpaired) electrons. The van der Waals surface area contributed by atoms with Crippen molar-refractivity contribution in [2.24, 2.45) is 0 Å². The average molecular weight is 266 g/mol. The Hall–Kier alpha value is -0.900. The van der Waals surface area contributed by atoms with Crippen molar-refractivity contribution in [3.05, 3.63) is 29.8 Å². The second kappa shape index (κ2) is 4.77. The maximum Gasteiger partial charge on any atom is 0.416 e. The second-order valence-electron chi connectivity index (χ2n) is 4.55. The highest BCUT2D eigenvalue weighted by Crippen LogP contribution is 2.31. The quantitative estimate of drug-likeness (QED) is 0.742. The van der Waals surface area contributed by atoms with Crippen LogP contribution in [0.5, 0.6) is 0 Å². The summed E-state index contributed by atoms with van der Waals surface area (Å²) in [4.78, 5) is 1.86. The van der Waals surface area contributed by atoms with Gasteiger partial charge in [0, 0.05) is 24.2 Å². The predicted molar refractivity (Wildman–Crippen MR) is 64.6 cm³/mol. The van der Waals surface area contributed by atoms with Crippen LogP contribution in [-0.4, -0.2) is 18.5 Å². The van der Waals surface area contributed by atoms with Crippen molar-refractivity contribution in [3.63, 3.8) is 0 Å². The zero-order valence-electron chi connectivity index (χ0n) is 9.98. The molecule has 0 aliphatic rings. The van der Waals surface area contributed by atoms with Gasteiger partial charge in [0.25, 0.3) is 0 Å². The van der Waals surface area contributed by atoms with E-state index in [4.69, 9.17) is 11.6 Å². The summed E-state index contributed by atoms with van der Waals surface area (Å²) < 4.78 is 37.2. The van der Waals surface area contributed by atoms with E-state index < -0.39 is 11.7 Å². The van der Waals surface area contributed by atoms with Gasteiger partial charge in [-0.15, -0.1) is 11.6 Å². The van der Waals surface area contributed by atoms with Crippen LogP contribution in [-0.2, 0) is 6.18 Å². The molecule has 96 valence electrons. The molecular formula is C12H15ClF3N. The molecule has 0 amide bonds. The Labute approximate surface area is 104 Å². The lowest BCUT2D eigenvalue weighted by atomic mass is 10.0. The standard InChI is InChI=1S/C12H15ClF3N/c1-11(2,8-13)17(3)10-6-4-9(5-7-10)12(14,15)16/h4-7H,8H2,1-3H3. The molecule has 0 N–H and O–H groups in total. The fourth-order valence-electron chi connectivity index (χ4n) is 1.31.